The Morgan fingerprint density at radius 2 is 1.55 bits per heavy atom. The van der Waals surface area contributed by atoms with Gasteiger partial charge in [-0.1, -0.05) is 48.5 Å². The fourth-order valence-electron chi connectivity index (χ4n) is 2.23. The number of hydrogen-bond acceptors (Lipinski definition) is 3. The van der Waals surface area contributed by atoms with E-state index in [-0.39, 0.29) is 11.1 Å². The third kappa shape index (κ3) is 2.87. The molecule has 3 aromatic rings. The molecule has 22 heavy (non-hydrogen) atoms. The van der Waals surface area contributed by atoms with Crippen molar-refractivity contribution in [3.8, 4) is 11.1 Å². The summed E-state index contributed by atoms with van der Waals surface area (Å²) in [6.07, 6.45) is 0. The number of halogens is 3. The van der Waals surface area contributed by atoms with Crippen molar-refractivity contribution in [2.45, 2.75) is 10.4 Å². The van der Waals surface area contributed by atoms with E-state index in [0.717, 1.165) is 0 Å². The molecule has 1 aromatic heterocycles. The quantitative estimate of drug-likeness (QED) is 0.487. The highest BCUT2D eigenvalue weighted by Crippen LogP contribution is 2.42. The molecule has 0 amide bonds. The molecule has 0 fully saturated rings. The topological polar surface area (TPSA) is 30.2 Å². The summed E-state index contributed by atoms with van der Waals surface area (Å²) in [6, 6.07) is 15.1. The van der Waals surface area contributed by atoms with Crippen molar-refractivity contribution in [3.63, 3.8) is 0 Å². The second-order valence-electron chi connectivity index (χ2n) is 4.50. The molecular weight excluding hydrogens is 313 g/mol. The van der Waals surface area contributed by atoms with Gasteiger partial charge in [-0.3, -0.25) is 0 Å². The van der Waals surface area contributed by atoms with Gasteiger partial charge in [0.15, 0.2) is 0 Å². The number of rotatable bonds is 2. The van der Waals surface area contributed by atoms with Crippen molar-refractivity contribution in [2.24, 2.45) is 0 Å². The van der Waals surface area contributed by atoms with E-state index in [1.54, 1.807) is 54.6 Å². The fourth-order valence-corrected chi connectivity index (χ4v) is 2.92. The lowest BCUT2D eigenvalue weighted by Gasteiger charge is -2.12. The number of hydrogen-bond donors (Lipinski definition) is 0. The molecule has 3 rings (SSSR count). The predicted octanol–water partition coefficient (Wildman–Crippen LogP) is 5.07. The zero-order chi connectivity index (χ0) is 15.7. The van der Waals surface area contributed by atoms with E-state index in [0.29, 0.717) is 10.9 Å². The number of para-hydroxylation sites is 1. The molecule has 2 aromatic carbocycles. The van der Waals surface area contributed by atoms with Gasteiger partial charge in [-0.25, -0.2) is 4.79 Å². The minimum absolute atomic E-state index is 0.245. The second-order valence-corrected chi connectivity index (χ2v) is 5.58. The van der Waals surface area contributed by atoms with Crippen LogP contribution < -0.4 is 5.63 Å². The van der Waals surface area contributed by atoms with Crippen LogP contribution in [0.4, 0.5) is 13.2 Å². The third-order valence-electron chi connectivity index (χ3n) is 3.05. The summed E-state index contributed by atoms with van der Waals surface area (Å²) in [4.78, 5) is 11.6. The monoisotopic (exact) mass is 322 g/mol. The highest BCUT2D eigenvalue weighted by Gasteiger charge is 2.33. The average Bonchev–Trinajstić information content (AvgIpc) is 2.47. The SMILES string of the molecule is O=c1oc2ccccc2c(-c2ccccc2)c1SC(F)(F)F. The molecule has 0 saturated carbocycles. The van der Waals surface area contributed by atoms with Crippen LogP contribution >= 0.6 is 11.8 Å². The summed E-state index contributed by atoms with van der Waals surface area (Å²) in [5.74, 6) is 0. The van der Waals surface area contributed by atoms with E-state index in [1.807, 2.05) is 0 Å². The first-order chi connectivity index (χ1) is 10.5. The van der Waals surface area contributed by atoms with Crippen LogP contribution in [0.1, 0.15) is 0 Å². The average molecular weight is 322 g/mol. The van der Waals surface area contributed by atoms with Crippen LogP contribution in [-0.4, -0.2) is 5.51 Å². The first-order valence-corrected chi connectivity index (χ1v) is 7.14. The van der Waals surface area contributed by atoms with E-state index in [2.05, 4.69) is 0 Å². The standard InChI is InChI=1S/C16H9F3O2S/c17-16(18,19)22-14-13(10-6-2-1-3-7-10)11-8-4-5-9-12(11)21-15(14)20/h1-9H. The lowest BCUT2D eigenvalue weighted by molar-refractivity contribution is -0.0329. The Labute approximate surface area is 127 Å². The Morgan fingerprint density at radius 3 is 2.23 bits per heavy atom. The van der Waals surface area contributed by atoms with Crippen LogP contribution in [0.2, 0.25) is 0 Å². The molecule has 0 unspecified atom stereocenters. The van der Waals surface area contributed by atoms with E-state index in [4.69, 9.17) is 4.42 Å². The van der Waals surface area contributed by atoms with Crippen molar-refractivity contribution < 1.29 is 17.6 Å². The van der Waals surface area contributed by atoms with Gasteiger partial charge in [0.1, 0.15) is 10.5 Å². The van der Waals surface area contributed by atoms with E-state index < -0.39 is 27.8 Å². The molecule has 1 heterocycles. The van der Waals surface area contributed by atoms with Gasteiger partial charge >= 0.3 is 11.1 Å². The van der Waals surface area contributed by atoms with Crippen molar-refractivity contribution in [3.05, 3.63) is 65.0 Å². The maximum absolute atomic E-state index is 12.8. The molecule has 112 valence electrons. The molecule has 2 nitrogen and oxygen atoms in total. The molecule has 0 aliphatic heterocycles. The van der Waals surface area contributed by atoms with Crippen molar-refractivity contribution in [1.29, 1.82) is 0 Å². The summed E-state index contributed by atoms with van der Waals surface area (Å²) in [7, 11) is 0. The smallest absolute Gasteiger partial charge is 0.422 e. The predicted molar refractivity (Wildman–Crippen MR) is 79.8 cm³/mol. The van der Waals surface area contributed by atoms with Gasteiger partial charge in [-0.05, 0) is 23.4 Å². The summed E-state index contributed by atoms with van der Waals surface area (Å²) in [5, 5.41) is 0.472. The van der Waals surface area contributed by atoms with E-state index in [9.17, 15) is 18.0 Å². The van der Waals surface area contributed by atoms with Crippen molar-refractivity contribution in [1.82, 2.24) is 0 Å². The van der Waals surface area contributed by atoms with Crippen molar-refractivity contribution in [2.75, 3.05) is 0 Å². The van der Waals surface area contributed by atoms with E-state index >= 15 is 0 Å². The molecule has 0 aliphatic carbocycles. The number of thioether (sulfide) groups is 1. The van der Waals surface area contributed by atoms with Gasteiger partial charge in [-0.15, -0.1) is 0 Å². The van der Waals surface area contributed by atoms with Gasteiger partial charge in [0.25, 0.3) is 0 Å². The first-order valence-electron chi connectivity index (χ1n) is 6.33. The maximum atomic E-state index is 12.8. The molecule has 0 aliphatic rings. The van der Waals surface area contributed by atoms with Gasteiger partial charge in [-0.2, -0.15) is 13.2 Å². The highest BCUT2D eigenvalue weighted by atomic mass is 32.2. The highest BCUT2D eigenvalue weighted by molar-refractivity contribution is 8.00. The minimum Gasteiger partial charge on any atom is -0.422 e. The van der Waals surface area contributed by atoms with Gasteiger partial charge in [0.05, 0.1) is 0 Å². The summed E-state index contributed by atoms with van der Waals surface area (Å²) in [6.45, 7) is 0. The van der Waals surface area contributed by atoms with Gasteiger partial charge in [0.2, 0.25) is 0 Å². The second kappa shape index (κ2) is 5.53. The summed E-state index contributed by atoms with van der Waals surface area (Å²) in [5.41, 5.74) is -4.51. The van der Waals surface area contributed by atoms with E-state index in [1.165, 1.54) is 0 Å². The summed E-state index contributed by atoms with van der Waals surface area (Å²) >= 11 is -0.443. The van der Waals surface area contributed by atoms with Crippen LogP contribution in [0.3, 0.4) is 0 Å². The zero-order valence-electron chi connectivity index (χ0n) is 11.1. The van der Waals surface area contributed by atoms with Gasteiger partial charge < -0.3 is 4.42 Å². The lowest BCUT2D eigenvalue weighted by atomic mass is 10.0. The molecule has 0 atom stereocenters. The third-order valence-corrected chi connectivity index (χ3v) is 3.86. The van der Waals surface area contributed by atoms with Crippen LogP contribution in [0.5, 0.6) is 0 Å². The Morgan fingerprint density at radius 1 is 0.909 bits per heavy atom. The molecule has 6 heteroatoms. The Bertz CT molecular complexity index is 870. The van der Waals surface area contributed by atoms with Gasteiger partial charge in [0, 0.05) is 10.9 Å². The van der Waals surface area contributed by atoms with Crippen LogP contribution in [0, 0.1) is 0 Å². The molecule has 0 radical (unpaired) electrons. The summed E-state index contributed by atoms with van der Waals surface area (Å²) < 4.78 is 43.4. The normalized spacial score (nSPS) is 11.8. The molecule has 0 spiro atoms. The number of fused-ring (bicyclic) bond motifs is 1. The van der Waals surface area contributed by atoms with Crippen LogP contribution in [-0.2, 0) is 0 Å². The Kier molecular flexibility index (Phi) is 3.70. The molecule has 0 saturated heterocycles. The largest absolute Gasteiger partial charge is 0.446 e. The fraction of sp³-hybridized carbons (Fsp3) is 0.0625. The van der Waals surface area contributed by atoms with Crippen molar-refractivity contribution >= 4 is 22.7 Å². The van der Waals surface area contributed by atoms with Crippen LogP contribution in [0.15, 0.2) is 68.7 Å². The number of alkyl halides is 3. The number of benzene rings is 2. The first kappa shape index (κ1) is 14.7. The Hall–Kier alpha value is -2.21. The maximum Gasteiger partial charge on any atom is 0.446 e. The molecule has 0 N–H and O–H groups in total. The zero-order valence-corrected chi connectivity index (χ0v) is 11.9. The molecular formula is C16H9F3O2S. The van der Waals surface area contributed by atoms with Crippen LogP contribution in [0.25, 0.3) is 22.1 Å². The lowest BCUT2D eigenvalue weighted by Crippen LogP contribution is -2.10. The molecule has 0 bridgehead atoms. The Balaban J connectivity index is 2.38. The minimum atomic E-state index is -4.57.